The van der Waals surface area contributed by atoms with Crippen LogP contribution in [0.5, 0.6) is 0 Å². The van der Waals surface area contributed by atoms with E-state index in [-0.39, 0.29) is 16.5 Å². The molecule has 28 heavy (non-hydrogen) atoms. The van der Waals surface area contributed by atoms with Crippen LogP contribution in [-0.2, 0) is 4.79 Å². The maximum atomic E-state index is 13.9. The standard InChI is InChI=1S/C18H17FN6O2S/c1-11(16(26)22-23-17(27)12-7-3-2-4-8-12)28-18-24-21-15(25(18)20)13-9-5-6-10-14(13)19/h2-11H,20H2,1H3,(H,22,26)(H,23,27)/t11-/m0/s1. The maximum absolute atomic E-state index is 13.9. The number of carbonyl (C=O) groups excluding carboxylic acids is 2. The molecular formula is C18H17FN6O2S. The Morgan fingerprint density at radius 2 is 1.75 bits per heavy atom. The molecule has 144 valence electrons. The van der Waals surface area contributed by atoms with Crippen molar-refractivity contribution in [3.8, 4) is 11.4 Å². The molecule has 0 radical (unpaired) electrons. The van der Waals surface area contributed by atoms with E-state index in [1.54, 1.807) is 49.4 Å². The molecular weight excluding hydrogens is 383 g/mol. The van der Waals surface area contributed by atoms with Crippen molar-refractivity contribution in [3.05, 3.63) is 66.0 Å². The zero-order chi connectivity index (χ0) is 20.1. The van der Waals surface area contributed by atoms with E-state index < -0.39 is 22.9 Å². The summed E-state index contributed by atoms with van der Waals surface area (Å²) >= 11 is 1.03. The highest BCUT2D eigenvalue weighted by Gasteiger charge is 2.21. The second kappa shape index (κ2) is 8.53. The highest BCUT2D eigenvalue weighted by Crippen LogP contribution is 2.26. The van der Waals surface area contributed by atoms with Crippen LogP contribution in [0.3, 0.4) is 0 Å². The predicted molar refractivity (Wildman–Crippen MR) is 103 cm³/mol. The number of carbonyl (C=O) groups is 2. The zero-order valence-electron chi connectivity index (χ0n) is 14.8. The van der Waals surface area contributed by atoms with Gasteiger partial charge in [-0.2, -0.15) is 0 Å². The van der Waals surface area contributed by atoms with Crippen LogP contribution in [0.15, 0.2) is 59.8 Å². The van der Waals surface area contributed by atoms with E-state index in [1.807, 2.05) is 0 Å². The van der Waals surface area contributed by atoms with Crippen molar-refractivity contribution in [2.45, 2.75) is 17.3 Å². The number of nitrogens with two attached hydrogens (primary N) is 1. The Labute approximate surface area is 164 Å². The topological polar surface area (TPSA) is 115 Å². The van der Waals surface area contributed by atoms with E-state index in [2.05, 4.69) is 21.0 Å². The number of hydrazine groups is 1. The molecule has 0 fully saturated rings. The summed E-state index contributed by atoms with van der Waals surface area (Å²) in [6.45, 7) is 1.62. The Morgan fingerprint density at radius 1 is 1.07 bits per heavy atom. The molecule has 0 bridgehead atoms. The van der Waals surface area contributed by atoms with Crippen molar-refractivity contribution in [2.75, 3.05) is 5.84 Å². The summed E-state index contributed by atoms with van der Waals surface area (Å²) in [6.07, 6.45) is 0. The summed E-state index contributed by atoms with van der Waals surface area (Å²) in [5.74, 6) is 4.73. The van der Waals surface area contributed by atoms with Crippen molar-refractivity contribution in [3.63, 3.8) is 0 Å². The van der Waals surface area contributed by atoms with Gasteiger partial charge in [-0.05, 0) is 31.2 Å². The lowest BCUT2D eigenvalue weighted by atomic mass is 10.2. The lowest BCUT2D eigenvalue weighted by molar-refractivity contribution is -0.121. The van der Waals surface area contributed by atoms with E-state index in [1.165, 1.54) is 12.1 Å². The Bertz CT molecular complexity index is 995. The number of aromatic nitrogens is 3. The van der Waals surface area contributed by atoms with Gasteiger partial charge in [0, 0.05) is 5.56 Å². The molecule has 1 atom stereocenters. The van der Waals surface area contributed by atoms with Gasteiger partial charge in [0.15, 0.2) is 5.82 Å². The molecule has 1 heterocycles. The molecule has 0 saturated carbocycles. The summed E-state index contributed by atoms with van der Waals surface area (Å²) in [7, 11) is 0. The lowest BCUT2D eigenvalue weighted by Gasteiger charge is -2.12. The molecule has 0 spiro atoms. The molecule has 3 rings (SSSR count). The number of rotatable bonds is 5. The second-order valence-corrected chi connectivity index (χ2v) is 7.03. The average molecular weight is 400 g/mol. The van der Waals surface area contributed by atoms with Gasteiger partial charge in [0.1, 0.15) is 5.82 Å². The fraction of sp³-hybridized carbons (Fsp3) is 0.111. The van der Waals surface area contributed by atoms with Crippen molar-refractivity contribution in [2.24, 2.45) is 0 Å². The first-order valence-electron chi connectivity index (χ1n) is 8.24. The first-order valence-corrected chi connectivity index (χ1v) is 9.12. The Hall–Kier alpha value is -3.40. The molecule has 2 aromatic carbocycles. The monoisotopic (exact) mass is 400 g/mol. The molecule has 2 amide bonds. The largest absolute Gasteiger partial charge is 0.335 e. The van der Waals surface area contributed by atoms with Crippen molar-refractivity contribution < 1.29 is 14.0 Å². The molecule has 1 aromatic heterocycles. The number of benzene rings is 2. The minimum Gasteiger partial charge on any atom is -0.335 e. The van der Waals surface area contributed by atoms with Gasteiger partial charge in [0.2, 0.25) is 5.16 Å². The van der Waals surface area contributed by atoms with Gasteiger partial charge in [-0.1, -0.05) is 42.1 Å². The molecule has 8 nitrogen and oxygen atoms in total. The van der Waals surface area contributed by atoms with Gasteiger partial charge in [0.05, 0.1) is 10.8 Å². The molecule has 4 N–H and O–H groups in total. The second-order valence-electron chi connectivity index (χ2n) is 5.73. The summed E-state index contributed by atoms with van der Waals surface area (Å²) in [5.41, 5.74) is 5.31. The van der Waals surface area contributed by atoms with Gasteiger partial charge in [-0.15, -0.1) is 10.2 Å². The van der Waals surface area contributed by atoms with Gasteiger partial charge in [0.25, 0.3) is 11.8 Å². The fourth-order valence-electron chi connectivity index (χ4n) is 2.28. The van der Waals surface area contributed by atoms with Crippen LogP contribution in [0.2, 0.25) is 0 Å². The Kier molecular flexibility index (Phi) is 5.90. The van der Waals surface area contributed by atoms with Gasteiger partial charge in [-0.3, -0.25) is 20.4 Å². The highest BCUT2D eigenvalue weighted by atomic mass is 32.2. The third-order valence-corrected chi connectivity index (χ3v) is 4.82. The van der Waals surface area contributed by atoms with Gasteiger partial charge < -0.3 is 5.84 Å². The van der Waals surface area contributed by atoms with Crippen LogP contribution in [0.25, 0.3) is 11.4 Å². The maximum Gasteiger partial charge on any atom is 0.269 e. The zero-order valence-corrected chi connectivity index (χ0v) is 15.6. The molecule has 0 aliphatic heterocycles. The summed E-state index contributed by atoms with van der Waals surface area (Å²) in [6, 6.07) is 14.5. The van der Waals surface area contributed by atoms with E-state index in [4.69, 9.17) is 5.84 Å². The molecule has 0 aliphatic carbocycles. The molecule has 0 unspecified atom stereocenters. The highest BCUT2D eigenvalue weighted by molar-refractivity contribution is 8.00. The number of hydrogen-bond acceptors (Lipinski definition) is 6. The predicted octanol–water partition coefficient (Wildman–Crippen LogP) is 1.74. The van der Waals surface area contributed by atoms with Crippen molar-refractivity contribution in [1.82, 2.24) is 25.7 Å². The summed E-state index contributed by atoms with van der Waals surface area (Å²) < 4.78 is 15.0. The summed E-state index contributed by atoms with van der Waals surface area (Å²) in [4.78, 5) is 24.2. The average Bonchev–Trinajstić information content (AvgIpc) is 3.07. The molecule has 3 aromatic rings. The Morgan fingerprint density at radius 3 is 2.46 bits per heavy atom. The molecule has 0 saturated heterocycles. The SMILES string of the molecule is C[C@H](Sc1nnc(-c2ccccc2F)n1N)C(=O)NNC(=O)c1ccccc1. The van der Waals surface area contributed by atoms with E-state index >= 15 is 0 Å². The van der Waals surface area contributed by atoms with Crippen LogP contribution in [0, 0.1) is 5.82 Å². The number of halogens is 1. The van der Waals surface area contributed by atoms with Gasteiger partial charge >= 0.3 is 0 Å². The minimum absolute atomic E-state index is 0.144. The number of thioether (sulfide) groups is 1. The van der Waals surface area contributed by atoms with Crippen molar-refractivity contribution >= 4 is 23.6 Å². The first-order chi connectivity index (χ1) is 13.5. The quantitative estimate of drug-likeness (QED) is 0.341. The van der Waals surface area contributed by atoms with Gasteiger partial charge in [-0.25, -0.2) is 9.07 Å². The van der Waals surface area contributed by atoms with E-state index in [9.17, 15) is 14.0 Å². The van der Waals surface area contributed by atoms with E-state index in [0.29, 0.717) is 5.56 Å². The number of nitrogens with zero attached hydrogens (tertiary/aromatic N) is 3. The third kappa shape index (κ3) is 4.29. The first kappa shape index (κ1) is 19.4. The van der Waals surface area contributed by atoms with Crippen LogP contribution >= 0.6 is 11.8 Å². The molecule has 10 heteroatoms. The fourth-order valence-corrected chi connectivity index (χ4v) is 3.05. The van der Waals surface area contributed by atoms with Crippen LogP contribution in [0.4, 0.5) is 4.39 Å². The normalized spacial score (nSPS) is 11.6. The third-order valence-electron chi connectivity index (χ3n) is 3.77. The van der Waals surface area contributed by atoms with Crippen LogP contribution in [0.1, 0.15) is 17.3 Å². The number of amides is 2. The number of nitrogen functional groups attached to an aromatic ring is 1. The Balaban J connectivity index is 1.62. The van der Waals surface area contributed by atoms with Crippen LogP contribution in [-0.4, -0.2) is 31.9 Å². The van der Waals surface area contributed by atoms with E-state index in [0.717, 1.165) is 16.4 Å². The molecule has 0 aliphatic rings. The number of hydrogen-bond donors (Lipinski definition) is 3. The van der Waals surface area contributed by atoms with Crippen LogP contribution < -0.4 is 16.7 Å². The minimum atomic E-state index is -0.643. The summed E-state index contributed by atoms with van der Waals surface area (Å²) in [5, 5.41) is 7.40. The smallest absolute Gasteiger partial charge is 0.269 e. The lowest BCUT2D eigenvalue weighted by Crippen LogP contribution is -2.45. The number of nitrogens with one attached hydrogen (secondary N) is 2. The van der Waals surface area contributed by atoms with Crippen molar-refractivity contribution in [1.29, 1.82) is 0 Å².